The summed E-state index contributed by atoms with van der Waals surface area (Å²) in [5, 5.41) is 3.30. The van der Waals surface area contributed by atoms with Gasteiger partial charge in [0.05, 0.1) is 11.9 Å². The second kappa shape index (κ2) is 12.0. The van der Waals surface area contributed by atoms with Gasteiger partial charge >= 0.3 is 0 Å². The fraction of sp³-hybridized carbons (Fsp3) is 0.391. The Hall–Kier alpha value is -1.85. The van der Waals surface area contributed by atoms with E-state index in [2.05, 4.69) is 27.9 Å². The minimum atomic E-state index is -3.75. The summed E-state index contributed by atoms with van der Waals surface area (Å²) in [5.74, 6) is -0.578. The molecular formula is C23H29ClIN3O4S. The molecule has 180 valence electrons. The van der Waals surface area contributed by atoms with Crippen LogP contribution < -0.4 is 9.62 Å². The number of amides is 2. The van der Waals surface area contributed by atoms with Crippen LogP contribution in [0.4, 0.5) is 5.69 Å². The van der Waals surface area contributed by atoms with Crippen molar-refractivity contribution in [3.8, 4) is 0 Å². The van der Waals surface area contributed by atoms with Gasteiger partial charge in [0.1, 0.15) is 12.6 Å². The monoisotopic (exact) mass is 605 g/mol. The highest BCUT2D eigenvalue weighted by molar-refractivity contribution is 14.1. The van der Waals surface area contributed by atoms with Crippen LogP contribution in [-0.2, 0) is 26.2 Å². The molecule has 1 N–H and O–H groups in total. The normalized spacial score (nSPS) is 12.3. The lowest BCUT2D eigenvalue weighted by atomic mass is 10.1. The lowest BCUT2D eigenvalue weighted by molar-refractivity contribution is -0.139. The number of sulfonamides is 1. The number of nitrogens with zero attached hydrogens (tertiary/aromatic N) is 2. The van der Waals surface area contributed by atoms with E-state index >= 15 is 0 Å². The summed E-state index contributed by atoms with van der Waals surface area (Å²) in [7, 11) is -3.75. The Morgan fingerprint density at radius 1 is 1.06 bits per heavy atom. The van der Waals surface area contributed by atoms with Crippen LogP contribution in [0.5, 0.6) is 0 Å². The van der Waals surface area contributed by atoms with E-state index < -0.39 is 28.5 Å². The molecule has 0 bridgehead atoms. The molecule has 0 aliphatic heterocycles. The van der Waals surface area contributed by atoms with E-state index in [1.807, 2.05) is 13.8 Å². The molecule has 0 spiro atoms. The van der Waals surface area contributed by atoms with Crippen LogP contribution in [-0.4, -0.2) is 50.5 Å². The maximum atomic E-state index is 13.4. The Morgan fingerprint density at radius 3 is 2.21 bits per heavy atom. The van der Waals surface area contributed by atoms with Crippen molar-refractivity contribution >= 4 is 61.7 Å². The molecule has 0 aliphatic rings. The molecule has 0 fully saturated rings. The van der Waals surface area contributed by atoms with E-state index in [1.165, 1.54) is 4.90 Å². The second-order valence-corrected chi connectivity index (χ2v) is 11.7. The SMILES string of the molecule is CC(C)CNC(=O)[C@@H](C)N(Cc1ccccc1Cl)C(=O)CN(c1ccc(I)cc1)S(C)(=O)=O. The molecule has 33 heavy (non-hydrogen) atoms. The van der Waals surface area contributed by atoms with Crippen molar-refractivity contribution in [2.75, 3.05) is 23.7 Å². The average Bonchev–Trinajstić information content (AvgIpc) is 2.74. The molecule has 2 rings (SSSR count). The van der Waals surface area contributed by atoms with Gasteiger partial charge in [-0.2, -0.15) is 0 Å². The topological polar surface area (TPSA) is 86.8 Å². The first-order valence-electron chi connectivity index (χ1n) is 10.4. The van der Waals surface area contributed by atoms with Gasteiger partial charge in [-0.15, -0.1) is 0 Å². The largest absolute Gasteiger partial charge is 0.354 e. The first kappa shape index (κ1) is 27.4. The molecule has 0 unspecified atom stereocenters. The van der Waals surface area contributed by atoms with Crippen LogP contribution in [0.25, 0.3) is 0 Å². The fourth-order valence-corrected chi connectivity index (χ4v) is 4.47. The molecule has 1 atom stereocenters. The Labute approximate surface area is 214 Å². The summed E-state index contributed by atoms with van der Waals surface area (Å²) in [5.41, 5.74) is 1.04. The summed E-state index contributed by atoms with van der Waals surface area (Å²) in [6.45, 7) is 5.67. The first-order chi connectivity index (χ1) is 15.4. The lowest BCUT2D eigenvalue weighted by Gasteiger charge is -2.31. The predicted molar refractivity (Wildman–Crippen MR) is 141 cm³/mol. The van der Waals surface area contributed by atoms with E-state index in [9.17, 15) is 18.0 Å². The molecule has 0 aromatic heterocycles. The van der Waals surface area contributed by atoms with Crippen molar-refractivity contribution in [1.29, 1.82) is 0 Å². The Balaban J connectivity index is 2.36. The number of hydrogen-bond acceptors (Lipinski definition) is 4. The number of hydrogen-bond donors (Lipinski definition) is 1. The molecule has 0 saturated heterocycles. The van der Waals surface area contributed by atoms with Crippen LogP contribution in [0.15, 0.2) is 48.5 Å². The summed E-state index contributed by atoms with van der Waals surface area (Å²) in [6, 6.07) is 13.0. The van der Waals surface area contributed by atoms with Gasteiger partial charge in [0.25, 0.3) is 0 Å². The van der Waals surface area contributed by atoms with Gasteiger partial charge in [-0.3, -0.25) is 13.9 Å². The van der Waals surface area contributed by atoms with Crippen molar-refractivity contribution in [3.63, 3.8) is 0 Å². The highest BCUT2D eigenvalue weighted by Crippen LogP contribution is 2.22. The van der Waals surface area contributed by atoms with Crippen LogP contribution in [0.3, 0.4) is 0 Å². The van der Waals surface area contributed by atoms with Crippen LogP contribution in [0, 0.1) is 9.49 Å². The quantitative estimate of drug-likeness (QED) is 0.417. The summed E-state index contributed by atoms with van der Waals surface area (Å²) >= 11 is 8.42. The maximum Gasteiger partial charge on any atom is 0.244 e. The zero-order chi connectivity index (χ0) is 24.8. The summed E-state index contributed by atoms with van der Waals surface area (Å²) in [4.78, 5) is 27.6. The van der Waals surface area contributed by atoms with Gasteiger partial charge in [-0.25, -0.2) is 8.42 Å². The van der Waals surface area contributed by atoms with E-state index in [0.717, 1.165) is 14.1 Å². The number of carbonyl (C=O) groups excluding carboxylic acids is 2. The zero-order valence-electron chi connectivity index (χ0n) is 19.1. The van der Waals surface area contributed by atoms with Gasteiger partial charge in [-0.1, -0.05) is 43.6 Å². The first-order valence-corrected chi connectivity index (χ1v) is 13.7. The third-order valence-electron chi connectivity index (χ3n) is 4.94. The zero-order valence-corrected chi connectivity index (χ0v) is 22.8. The van der Waals surface area contributed by atoms with Crippen molar-refractivity contribution < 1.29 is 18.0 Å². The Bertz CT molecular complexity index is 1080. The fourth-order valence-electron chi connectivity index (χ4n) is 3.07. The molecule has 2 aromatic carbocycles. The molecular weight excluding hydrogens is 577 g/mol. The molecule has 10 heteroatoms. The van der Waals surface area contributed by atoms with E-state index in [1.54, 1.807) is 55.5 Å². The maximum absolute atomic E-state index is 13.4. The Kier molecular flexibility index (Phi) is 9.99. The average molecular weight is 606 g/mol. The van der Waals surface area contributed by atoms with Crippen molar-refractivity contribution in [2.24, 2.45) is 5.92 Å². The number of nitrogens with one attached hydrogen (secondary N) is 1. The third-order valence-corrected chi connectivity index (χ3v) is 7.17. The molecule has 2 aromatic rings. The molecule has 0 radical (unpaired) electrons. The highest BCUT2D eigenvalue weighted by Gasteiger charge is 2.30. The van der Waals surface area contributed by atoms with Gasteiger partial charge < -0.3 is 10.2 Å². The molecule has 0 aliphatic carbocycles. The number of rotatable bonds is 10. The smallest absolute Gasteiger partial charge is 0.244 e. The van der Waals surface area contributed by atoms with Crippen molar-refractivity contribution in [2.45, 2.75) is 33.4 Å². The van der Waals surface area contributed by atoms with Gasteiger partial charge in [0.15, 0.2) is 0 Å². The molecule has 0 heterocycles. The predicted octanol–water partition coefficient (Wildman–Crippen LogP) is 3.90. The van der Waals surface area contributed by atoms with Crippen molar-refractivity contribution in [1.82, 2.24) is 10.2 Å². The van der Waals surface area contributed by atoms with Crippen LogP contribution in [0.2, 0.25) is 5.02 Å². The summed E-state index contributed by atoms with van der Waals surface area (Å²) in [6.07, 6.45) is 1.05. The number of halogens is 2. The Morgan fingerprint density at radius 2 is 1.67 bits per heavy atom. The van der Waals surface area contributed by atoms with Gasteiger partial charge in [-0.05, 0) is 71.3 Å². The van der Waals surface area contributed by atoms with E-state index in [0.29, 0.717) is 22.8 Å². The number of carbonyl (C=O) groups is 2. The minimum Gasteiger partial charge on any atom is -0.354 e. The van der Waals surface area contributed by atoms with Crippen LogP contribution >= 0.6 is 34.2 Å². The number of benzene rings is 2. The van der Waals surface area contributed by atoms with Gasteiger partial charge in [0.2, 0.25) is 21.8 Å². The van der Waals surface area contributed by atoms with E-state index in [4.69, 9.17) is 11.6 Å². The van der Waals surface area contributed by atoms with Crippen LogP contribution in [0.1, 0.15) is 26.3 Å². The standard InChI is InChI=1S/C23H29ClIN3O4S/c1-16(2)13-26-23(30)17(3)27(14-18-7-5-6-8-21(18)24)22(29)15-28(33(4,31)32)20-11-9-19(25)10-12-20/h5-12,16-17H,13-15H2,1-4H3,(H,26,30)/t17-/m1/s1. The van der Waals surface area contributed by atoms with E-state index in [-0.39, 0.29) is 18.4 Å². The summed E-state index contributed by atoms with van der Waals surface area (Å²) < 4.78 is 27.0. The third kappa shape index (κ3) is 8.15. The minimum absolute atomic E-state index is 0.0685. The molecule has 2 amide bonds. The second-order valence-electron chi connectivity index (χ2n) is 8.17. The number of anilines is 1. The lowest BCUT2D eigenvalue weighted by Crippen LogP contribution is -2.51. The molecule has 7 nitrogen and oxygen atoms in total. The van der Waals surface area contributed by atoms with Crippen molar-refractivity contribution in [3.05, 3.63) is 62.7 Å². The molecule has 0 saturated carbocycles. The van der Waals surface area contributed by atoms with Gasteiger partial charge in [0, 0.05) is 21.7 Å². The highest BCUT2D eigenvalue weighted by atomic mass is 127.